The summed E-state index contributed by atoms with van der Waals surface area (Å²) < 4.78 is 16.1. The number of carbonyl (C=O) groups is 1. The second-order valence-electron chi connectivity index (χ2n) is 7.75. The second kappa shape index (κ2) is 10.7. The zero-order valence-corrected chi connectivity index (χ0v) is 19.6. The minimum atomic E-state index is -0.0427. The summed E-state index contributed by atoms with van der Waals surface area (Å²) in [4.78, 5) is 16.7. The molecule has 1 amide bonds. The van der Waals surface area contributed by atoms with Gasteiger partial charge < -0.3 is 24.0 Å². The fraction of sp³-hybridized carbons (Fsp3) is 0.269. The number of ether oxygens (including phenoxy) is 3. The molecule has 0 radical (unpaired) electrons. The number of piperazine rings is 1. The van der Waals surface area contributed by atoms with Gasteiger partial charge in [-0.25, -0.2) is 0 Å². The molecule has 0 spiro atoms. The zero-order valence-electron chi connectivity index (χ0n) is 19.6. The molecule has 3 aromatic rings. The Balaban J connectivity index is 1.36. The van der Waals surface area contributed by atoms with E-state index >= 15 is 0 Å². The molecule has 0 saturated carbocycles. The number of nitrogens with zero attached hydrogens (tertiary/aromatic N) is 4. The highest BCUT2D eigenvalue weighted by atomic mass is 16.5. The van der Waals surface area contributed by atoms with Crippen LogP contribution < -0.4 is 19.1 Å². The van der Waals surface area contributed by atoms with E-state index in [1.54, 1.807) is 45.6 Å². The van der Waals surface area contributed by atoms with Crippen molar-refractivity contribution in [1.29, 1.82) is 0 Å². The van der Waals surface area contributed by atoms with Crippen LogP contribution in [0.25, 0.3) is 17.3 Å². The van der Waals surface area contributed by atoms with E-state index in [0.29, 0.717) is 43.4 Å². The van der Waals surface area contributed by atoms with E-state index in [9.17, 15) is 4.79 Å². The first-order valence-corrected chi connectivity index (χ1v) is 11.0. The first kappa shape index (κ1) is 23.1. The number of benzene rings is 2. The Morgan fingerprint density at radius 3 is 2.09 bits per heavy atom. The van der Waals surface area contributed by atoms with Crippen LogP contribution in [-0.4, -0.2) is 68.5 Å². The SMILES string of the molecule is COc1cc(/C=C/C(=O)N2CCN(c3ccc(-c4ccccc4)nn3)CC2)cc(OC)c1OC. The van der Waals surface area contributed by atoms with Crippen LogP contribution >= 0.6 is 0 Å². The van der Waals surface area contributed by atoms with Gasteiger partial charge in [0.05, 0.1) is 27.0 Å². The molecule has 176 valence electrons. The lowest BCUT2D eigenvalue weighted by molar-refractivity contribution is -0.126. The quantitative estimate of drug-likeness (QED) is 0.499. The molecule has 4 rings (SSSR count). The maximum absolute atomic E-state index is 12.8. The van der Waals surface area contributed by atoms with Gasteiger partial charge in [0.1, 0.15) is 0 Å². The van der Waals surface area contributed by atoms with Crippen LogP contribution in [-0.2, 0) is 4.79 Å². The summed E-state index contributed by atoms with van der Waals surface area (Å²) in [5, 5.41) is 8.76. The molecule has 1 fully saturated rings. The summed E-state index contributed by atoms with van der Waals surface area (Å²) in [7, 11) is 4.69. The molecule has 1 aromatic heterocycles. The van der Waals surface area contributed by atoms with Gasteiger partial charge >= 0.3 is 0 Å². The van der Waals surface area contributed by atoms with Gasteiger partial charge in [0.2, 0.25) is 11.7 Å². The van der Waals surface area contributed by atoms with E-state index in [2.05, 4.69) is 15.1 Å². The molecule has 8 nitrogen and oxygen atoms in total. The molecule has 8 heteroatoms. The molecular formula is C26H28N4O4. The van der Waals surface area contributed by atoms with Crippen LogP contribution in [0.5, 0.6) is 17.2 Å². The average molecular weight is 461 g/mol. The average Bonchev–Trinajstić information content (AvgIpc) is 2.91. The predicted molar refractivity (Wildman–Crippen MR) is 131 cm³/mol. The fourth-order valence-corrected chi connectivity index (χ4v) is 3.88. The monoisotopic (exact) mass is 460 g/mol. The van der Waals surface area contributed by atoms with Crippen LogP contribution in [0.15, 0.2) is 60.7 Å². The molecule has 0 N–H and O–H groups in total. The van der Waals surface area contributed by atoms with E-state index in [4.69, 9.17) is 14.2 Å². The highest BCUT2D eigenvalue weighted by molar-refractivity contribution is 5.92. The van der Waals surface area contributed by atoms with Crippen molar-refractivity contribution in [2.45, 2.75) is 0 Å². The maximum atomic E-state index is 12.8. The highest BCUT2D eigenvalue weighted by Gasteiger charge is 2.21. The van der Waals surface area contributed by atoms with E-state index < -0.39 is 0 Å². The maximum Gasteiger partial charge on any atom is 0.246 e. The standard InChI is InChI=1S/C26H28N4O4/c1-32-22-17-19(18-23(33-2)26(22)34-3)9-12-25(31)30-15-13-29(14-16-30)24-11-10-21(27-28-24)20-7-5-4-6-8-20/h4-12,17-18H,13-16H2,1-3H3/b12-9+. The van der Waals surface area contributed by atoms with Crippen molar-refractivity contribution < 1.29 is 19.0 Å². The first-order valence-electron chi connectivity index (χ1n) is 11.0. The number of anilines is 1. The summed E-state index contributed by atoms with van der Waals surface area (Å²) in [6, 6.07) is 17.5. The lowest BCUT2D eigenvalue weighted by Crippen LogP contribution is -2.48. The lowest BCUT2D eigenvalue weighted by Gasteiger charge is -2.34. The fourth-order valence-electron chi connectivity index (χ4n) is 3.88. The van der Waals surface area contributed by atoms with Crippen LogP contribution in [0.1, 0.15) is 5.56 Å². The van der Waals surface area contributed by atoms with E-state index in [1.807, 2.05) is 47.4 Å². The van der Waals surface area contributed by atoms with Crippen molar-refractivity contribution in [2.24, 2.45) is 0 Å². The normalized spacial score (nSPS) is 13.7. The smallest absolute Gasteiger partial charge is 0.246 e. The Labute approximate surface area is 199 Å². The summed E-state index contributed by atoms with van der Waals surface area (Å²) in [6.07, 6.45) is 3.33. The van der Waals surface area contributed by atoms with Crippen LogP contribution in [0, 0.1) is 0 Å². The number of amides is 1. The van der Waals surface area contributed by atoms with Crippen molar-refractivity contribution in [2.75, 3.05) is 52.4 Å². The van der Waals surface area contributed by atoms with Gasteiger partial charge in [0.25, 0.3) is 0 Å². The molecule has 1 aliphatic rings. The topological polar surface area (TPSA) is 77.0 Å². The second-order valence-corrected chi connectivity index (χ2v) is 7.75. The van der Waals surface area contributed by atoms with Crippen molar-refractivity contribution in [3.8, 4) is 28.5 Å². The summed E-state index contributed by atoms with van der Waals surface area (Å²) in [6.45, 7) is 2.62. The highest BCUT2D eigenvalue weighted by Crippen LogP contribution is 2.38. The Kier molecular flexibility index (Phi) is 7.27. The largest absolute Gasteiger partial charge is 0.493 e. The predicted octanol–water partition coefficient (Wildman–Crippen LogP) is 3.53. The Morgan fingerprint density at radius 1 is 0.853 bits per heavy atom. The summed E-state index contributed by atoms with van der Waals surface area (Å²) in [5.74, 6) is 2.38. The summed E-state index contributed by atoms with van der Waals surface area (Å²) in [5.41, 5.74) is 2.67. The number of hydrogen-bond acceptors (Lipinski definition) is 7. The van der Waals surface area contributed by atoms with Gasteiger partial charge in [0.15, 0.2) is 17.3 Å². The molecule has 1 aliphatic heterocycles. The van der Waals surface area contributed by atoms with Crippen molar-refractivity contribution >= 4 is 17.8 Å². The minimum Gasteiger partial charge on any atom is -0.493 e. The molecule has 2 heterocycles. The lowest BCUT2D eigenvalue weighted by atomic mass is 10.1. The first-order chi connectivity index (χ1) is 16.6. The molecular weight excluding hydrogens is 432 g/mol. The van der Waals surface area contributed by atoms with Crippen LogP contribution in [0.2, 0.25) is 0 Å². The number of methoxy groups -OCH3 is 3. The molecule has 1 saturated heterocycles. The third-order valence-corrected chi connectivity index (χ3v) is 5.74. The molecule has 0 aliphatic carbocycles. The molecule has 34 heavy (non-hydrogen) atoms. The van der Waals surface area contributed by atoms with Crippen LogP contribution in [0.3, 0.4) is 0 Å². The van der Waals surface area contributed by atoms with Crippen molar-refractivity contribution in [3.05, 3.63) is 66.2 Å². The third-order valence-electron chi connectivity index (χ3n) is 5.74. The van der Waals surface area contributed by atoms with Crippen molar-refractivity contribution in [3.63, 3.8) is 0 Å². The number of hydrogen-bond donors (Lipinski definition) is 0. The minimum absolute atomic E-state index is 0.0427. The van der Waals surface area contributed by atoms with Gasteiger partial charge in [0, 0.05) is 37.8 Å². The van der Waals surface area contributed by atoms with E-state index in [0.717, 1.165) is 22.6 Å². The zero-order chi connectivity index (χ0) is 23.9. The number of carbonyl (C=O) groups excluding carboxylic acids is 1. The Morgan fingerprint density at radius 2 is 1.53 bits per heavy atom. The van der Waals surface area contributed by atoms with Gasteiger partial charge in [-0.2, -0.15) is 0 Å². The third kappa shape index (κ3) is 5.11. The number of aromatic nitrogens is 2. The van der Waals surface area contributed by atoms with Gasteiger partial charge in [-0.1, -0.05) is 30.3 Å². The van der Waals surface area contributed by atoms with Gasteiger partial charge in [-0.3, -0.25) is 4.79 Å². The molecule has 0 unspecified atom stereocenters. The van der Waals surface area contributed by atoms with Crippen molar-refractivity contribution in [1.82, 2.24) is 15.1 Å². The molecule has 0 bridgehead atoms. The van der Waals surface area contributed by atoms with E-state index in [-0.39, 0.29) is 5.91 Å². The van der Waals surface area contributed by atoms with Gasteiger partial charge in [-0.15, -0.1) is 10.2 Å². The van der Waals surface area contributed by atoms with Crippen LogP contribution in [0.4, 0.5) is 5.82 Å². The van der Waals surface area contributed by atoms with Gasteiger partial charge in [-0.05, 0) is 35.9 Å². The molecule has 2 aromatic carbocycles. The van der Waals surface area contributed by atoms with E-state index in [1.165, 1.54) is 0 Å². The Hall–Kier alpha value is -4.07. The Bertz CT molecular complexity index is 1120. The summed E-state index contributed by atoms with van der Waals surface area (Å²) >= 11 is 0. The number of rotatable bonds is 7. The molecule has 0 atom stereocenters.